The van der Waals surface area contributed by atoms with Gasteiger partial charge in [0.05, 0.1) is 6.54 Å². The van der Waals surface area contributed by atoms with Crippen molar-refractivity contribution in [2.45, 2.75) is 13.8 Å². The highest BCUT2D eigenvalue weighted by Gasteiger charge is 2.20. The first-order valence-corrected chi connectivity index (χ1v) is 8.62. The molecule has 0 aromatic carbocycles. The van der Waals surface area contributed by atoms with Crippen molar-refractivity contribution in [1.29, 1.82) is 0 Å². The molecule has 23 heavy (non-hydrogen) atoms. The standard InChI is InChI=1S/C17H30N6/c1-4-18-17(20-10-11-21(3)5-2)23-14-12-22(13-15-23)16-8-6-7-9-19-16/h6-9H,4-5,10-15H2,1-3H3,(H,18,20). The van der Waals surface area contributed by atoms with Gasteiger partial charge in [-0.05, 0) is 32.6 Å². The van der Waals surface area contributed by atoms with Crippen molar-refractivity contribution in [3.63, 3.8) is 0 Å². The van der Waals surface area contributed by atoms with E-state index in [0.717, 1.165) is 64.1 Å². The number of piperazine rings is 1. The first-order chi connectivity index (χ1) is 11.2. The lowest BCUT2D eigenvalue weighted by atomic mass is 10.3. The largest absolute Gasteiger partial charge is 0.357 e. The molecule has 0 radical (unpaired) electrons. The molecule has 6 nitrogen and oxygen atoms in total. The Labute approximate surface area is 140 Å². The van der Waals surface area contributed by atoms with Gasteiger partial charge in [-0.3, -0.25) is 4.99 Å². The molecule has 0 spiro atoms. The Bertz CT molecular complexity index is 467. The van der Waals surface area contributed by atoms with Gasteiger partial charge < -0.3 is 20.0 Å². The molecule has 1 aliphatic rings. The average Bonchev–Trinajstić information content (AvgIpc) is 2.61. The number of pyridine rings is 1. The minimum atomic E-state index is 0.840. The second-order valence-corrected chi connectivity index (χ2v) is 5.79. The van der Waals surface area contributed by atoms with Crippen molar-refractivity contribution in [1.82, 2.24) is 20.1 Å². The third-order valence-corrected chi connectivity index (χ3v) is 4.17. The maximum Gasteiger partial charge on any atom is 0.194 e. The Morgan fingerprint density at radius 1 is 1.26 bits per heavy atom. The molecule has 2 rings (SSSR count). The lowest BCUT2D eigenvalue weighted by Crippen LogP contribution is -2.52. The molecule has 0 aliphatic carbocycles. The number of nitrogens with one attached hydrogen (secondary N) is 1. The van der Waals surface area contributed by atoms with Crippen molar-refractivity contribution < 1.29 is 0 Å². The summed E-state index contributed by atoms with van der Waals surface area (Å²) in [5.74, 6) is 2.11. The fourth-order valence-electron chi connectivity index (χ4n) is 2.60. The molecule has 6 heteroatoms. The molecule has 2 heterocycles. The van der Waals surface area contributed by atoms with Crippen LogP contribution in [0.5, 0.6) is 0 Å². The fraction of sp³-hybridized carbons (Fsp3) is 0.647. The lowest BCUT2D eigenvalue weighted by Gasteiger charge is -2.37. The van der Waals surface area contributed by atoms with Crippen LogP contribution in [0.4, 0.5) is 5.82 Å². The van der Waals surface area contributed by atoms with Crippen LogP contribution in [0.15, 0.2) is 29.4 Å². The molecule has 0 amide bonds. The molecule has 1 fully saturated rings. The lowest BCUT2D eigenvalue weighted by molar-refractivity contribution is 0.354. The van der Waals surface area contributed by atoms with Gasteiger partial charge in [0.1, 0.15) is 5.82 Å². The Kier molecular flexibility index (Phi) is 7.13. The number of rotatable bonds is 6. The molecule has 128 valence electrons. The highest BCUT2D eigenvalue weighted by Crippen LogP contribution is 2.12. The minimum absolute atomic E-state index is 0.840. The zero-order valence-electron chi connectivity index (χ0n) is 14.7. The van der Waals surface area contributed by atoms with Gasteiger partial charge in [-0.15, -0.1) is 0 Å². The molecule has 0 atom stereocenters. The predicted octanol–water partition coefficient (Wildman–Crippen LogP) is 1.12. The number of aromatic nitrogens is 1. The summed E-state index contributed by atoms with van der Waals surface area (Å²) in [6, 6.07) is 6.09. The predicted molar refractivity (Wildman–Crippen MR) is 97.2 cm³/mol. The van der Waals surface area contributed by atoms with Gasteiger partial charge in [-0.2, -0.15) is 0 Å². The smallest absolute Gasteiger partial charge is 0.194 e. The first kappa shape index (κ1) is 17.5. The number of anilines is 1. The molecule has 1 aliphatic heterocycles. The van der Waals surface area contributed by atoms with Gasteiger partial charge >= 0.3 is 0 Å². The molecule has 1 aromatic heterocycles. The molecule has 1 N–H and O–H groups in total. The maximum atomic E-state index is 4.78. The number of guanidine groups is 1. The molecular formula is C17H30N6. The molecule has 1 saturated heterocycles. The summed E-state index contributed by atoms with van der Waals surface area (Å²) >= 11 is 0. The van der Waals surface area contributed by atoms with E-state index in [-0.39, 0.29) is 0 Å². The minimum Gasteiger partial charge on any atom is -0.357 e. The van der Waals surface area contributed by atoms with Gasteiger partial charge in [0.25, 0.3) is 0 Å². The highest BCUT2D eigenvalue weighted by molar-refractivity contribution is 5.80. The van der Waals surface area contributed by atoms with E-state index < -0.39 is 0 Å². The van der Waals surface area contributed by atoms with Crippen molar-refractivity contribution in [3.05, 3.63) is 24.4 Å². The van der Waals surface area contributed by atoms with E-state index in [2.05, 4.69) is 52.0 Å². The Hall–Kier alpha value is -1.82. The van der Waals surface area contributed by atoms with E-state index >= 15 is 0 Å². The maximum absolute atomic E-state index is 4.78. The summed E-state index contributed by atoms with van der Waals surface area (Å²) in [5.41, 5.74) is 0. The van der Waals surface area contributed by atoms with Gasteiger partial charge in [0.2, 0.25) is 0 Å². The third-order valence-electron chi connectivity index (χ3n) is 4.17. The summed E-state index contributed by atoms with van der Waals surface area (Å²) in [6.45, 7) is 12.0. The van der Waals surface area contributed by atoms with Crippen LogP contribution >= 0.6 is 0 Å². The molecule has 1 aromatic rings. The van der Waals surface area contributed by atoms with Crippen LogP contribution in [-0.4, -0.2) is 80.1 Å². The normalized spacial score (nSPS) is 16.1. The van der Waals surface area contributed by atoms with E-state index in [4.69, 9.17) is 4.99 Å². The Morgan fingerprint density at radius 2 is 2.04 bits per heavy atom. The van der Waals surface area contributed by atoms with E-state index in [1.165, 1.54) is 0 Å². The summed E-state index contributed by atoms with van der Waals surface area (Å²) in [4.78, 5) is 16.2. The first-order valence-electron chi connectivity index (χ1n) is 8.62. The van der Waals surface area contributed by atoms with E-state index in [0.29, 0.717) is 0 Å². The van der Waals surface area contributed by atoms with Crippen LogP contribution in [0, 0.1) is 0 Å². The Balaban J connectivity index is 1.88. The third kappa shape index (κ3) is 5.39. The van der Waals surface area contributed by atoms with E-state index in [1.807, 2.05) is 18.3 Å². The number of aliphatic imine (C=N–C) groups is 1. The topological polar surface area (TPSA) is 47.0 Å². The van der Waals surface area contributed by atoms with Crippen LogP contribution in [0.3, 0.4) is 0 Å². The van der Waals surface area contributed by atoms with Gasteiger partial charge in [-0.25, -0.2) is 4.98 Å². The van der Waals surface area contributed by atoms with Crippen LogP contribution < -0.4 is 10.2 Å². The zero-order chi connectivity index (χ0) is 16.5. The quantitative estimate of drug-likeness (QED) is 0.629. The summed E-state index contributed by atoms with van der Waals surface area (Å²) in [7, 11) is 2.13. The highest BCUT2D eigenvalue weighted by atomic mass is 15.4. The van der Waals surface area contributed by atoms with Gasteiger partial charge in [0.15, 0.2) is 5.96 Å². The van der Waals surface area contributed by atoms with Crippen molar-refractivity contribution >= 4 is 11.8 Å². The number of hydrogen-bond donors (Lipinski definition) is 1. The monoisotopic (exact) mass is 318 g/mol. The summed E-state index contributed by atoms with van der Waals surface area (Å²) < 4.78 is 0. The number of likely N-dealkylation sites (N-methyl/N-ethyl adjacent to an activating group) is 1. The molecule has 0 unspecified atom stereocenters. The second-order valence-electron chi connectivity index (χ2n) is 5.79. The molecule has 0 saturated carbocycles. The van der Waals surface area contributed by atoms with E-state index in [1.54, 1.807) is 0 Å². The fourth-order valence-corrected chi connectivity index (χ4v) is 2.60. The van der Waals surface area contributed by atoms with Crippen LogP contribution in [0.25, 0.3) is 0 Å². The number of hydrogen-bond acceptors (Lipinski definition) is 4. The van der Waals surface area contributed by atoms with Crippen LogP contribution in [-0.2, 0) is 0 Å². The van der Waals surface area contributed by atoms with E-state index in [9.17, 15) is 0 Å². The van der Waals surface area contributed by atoms with Gasteiger partial charge in [-0.1, -0.05) is 13.0 Å². The zero-order valence-corrected chi connectivity index (χ0v) is 14.7. The van der Waals surface area contributed by atoms with Crippen molar-refractivity contribution in [2.75, 3.05) is 64.3 Å². The number of nitrogens with zero attached hydrogens (tertiary/aromatic N) is 5. The second kappa shape index (κ2) is 9.35. The van der Waals surface area contributed by atoms with Crippen molar-refractivity contribution in [3.8, 4) is 0 Å². The van der Waals surface area contributed by atoms with Crippen LogP contribution in [0.1, 0.15) is 13.8 Å². The average molecular weight is 318 g/mol. The van der Waals surface area contributed by atoms with Gasteiger partial charge in [0, 0.05) is 45.5 Å². The summed E-state index contributed by atoms with van der Waals surface area (Å²) in [6.07, 6.45) is 1.86. The van der Waals surface area contributed by atoms with Crippen LogP contribution in [0.2, 0.25) is 0 Å². The molecular weight excluding hydrogens is 288 g/mol. The summed E-state index contributed by atoms with van der Waals surface area (Å²) in [5, 5.41) is 3.42. The Morgan fingerprint density at radius 3 is 2.65 bits per heavy atom. The van der Waals surface area contributed by atoms with Crippen molar-refractivity contribution in [2.24, 2.45) is 4.99 Å². The molecule has 0 bridgehead atoms. The SMILES string of the molecule is CCNC(=NCCN(C)CC)N1CCN(c2ccccn2)CC1.